The van der Waals surface area contributed by atoms with Gasteiger partial charge in [-0.25, -0.2) is 0 Å². The van der Waals surface area contributed by atoms with Crippen molar-refractivity contribution in [2.75, 3.05) is 6.61 Å². The summed E-state index contributed by atoms with van der Waals surface area (Å²) in [5.41, 5.74) is 0.722. The predicted molar refractivity (Wildman–Crippen MR) is 223 cm³/mol. The van der Waals surface area contributed by atoms with Crippen LogP contribution in [-0.4, -0.2) is 53.2 Å². The van der Waals surface area contributed by atoms with Crippen molar-refractivity contribution in [1.29, 1.82) is 0 Å². The molecule has 3 aliphatic carbocycles. The van der Waals surface area contributed by atoms with E-state index in [0.717, 1.165) is 50.5 Å². The SMILES string of the molecule is CCCCCCCCCCCCCC(=O)O[C@@H]1C[C@@H]2C(=O)OC[C@@H]3[C@H](CC[C@]4(C)[C@@H]([C@H](C)[C@@H](O)[C@H](O)[C@H](C)C(C)C)CC[C@@H]34)[C@@]2(C)C[C@H]1OCc1ccccc1. The third kappa shape index (κ3) is 10.6. The summed E-state index contributed by atoms with van der Waals surface area (Å²) in [4.78, 5) is 27.4. The van der Waals surface area contributed by atoms with E-state index in [1.54, 1.807) is 0 Å². The molecular formula is C49H80O7. The van der Waals surface area contributed by atoms with Crippen LogP contribution in [0.2, 0.25) is 0 Å². The number of aliphatic hydroxyl groups excluding tert-OH is 2. The van der Waals surface area contributed by atoms with Crippen molar-refractivity contribution in [1.82, 2.24) is 0 Å². The lowest BCUT2D eigenvalue weighted by molar-refractivity contribution is -0.186. The van der Waals surface area contributed by atoms with Gasteiger partial charge in [0, 0.05) is 12.8 Å². The van der Waals surface area contributed by atoms with Crippen LogP contribution in [0.3, 0.4) is 0 Å². The van der Waals surface area contributed by atoms with Crippen LogP contribution in [0.15, 0.2) is 30.3 Å². The highest BCUT2D eigenvalue weighted by Gasteiger charge is 2.63. The number of carbonyl (C=O) groups is 2. The van der Waals surface area contributed by atoms with Gasteiger partial charge in [-0.05, 0) is 96.3 Å². The topological polar surface area (TPSA) is 102 Å². The predicted octanol–water partition coefficient (Wildman–Crippen LogP) is 10.9. The maximum absolute atomic E-state index is 14.1. The van der Waals surface area contributed by atoms with E-state index >= 15 is 0 Å². The van der Waals surface area contributed by atoms with Crippen molar-refractivity contribution in [3.8, 4) is 0 Å². The molecule has 0 unspecified atom stereocenters. The Kier molecular flexibility index (Phi) is 16.8. The maximum Gasteiger partial charge on any atom is 0.309 e. The average molecular weight is 781 g/mol. The lowest BCUT2D eigenvalue weighted by Crippen LogP contribution is -2.56. The smallest absolute Gasteiger partial charge is 0.309 e. The van der Waals surface area contributed by atoms with Gasteiger partial charge in [0.05, 0.1) is 37.4 Å². The second-order valence-corrected chi connectivity index (χ2v) is 19.8. The summed E-state index contributed by atoms with van der Waals surface area (Å²) >= 11 is 0. The molecule has 2 N–H and O–H groups in total. The number of hydrogen-bond donors (Lipinski definition) is 2. The standard InChI is InChI=1S/C49H80O7/c1-8-9-10-11-12-13-14-15-16-17-21-24-44(50)56-42-29-41-47(53)55-32-37-39-26-25-38(35(5)46(52)45(51)34(4)33(2)3)48(39,6)28-27-40(37)49(41,7)30-43(42)54-31-36-22-19-18-20-23-36/h18-20,22-23,33-35,37-43,45-46,51-52H,8-17,21,24-32H2,1-7H3/t34-,35+,37+,38-,39+,40+,41-,42-,43-,45-,46-,48-,49-/m1/s1. The van der Waals surface area contributed by atoms with Crippen molar-refractivity contribution in [2.24, 2.45) is 58.2 Å². The minimum absolute atomic E-state index is 0.00482. The van der Waals surface area contributed by atoms with Gasteiger partial charge >= 0.3 is 11.9 Å². The highest BCUT2D eigenvalue weighted by Crippen LogP contribution is 2.66. The number of esters is 2. The van der Waals surface area contributed by atoms with Crippen LogP contribution in [0.25, 0.3) is 0 Å². The van der Waals surface area contributed by atoms with Gasteiger partial charge in [0.2, 0.25) is 0 Å². The Balaban J connectivity index is 1.24. The van der Waals surface area contributed by atoms with Crippen LogP contribution in [0.1, 0.15) is 170 Å². The number of ether oxygens (including phenoxy) is 3. The fraction of sp³-hybridized carbons (Fsp3) is 0.837. The number of rotatable bonds is 21. The first-order valence-corrected chi connectivity index (χ1v) is 23.2. The Hall–Kier alpha value is -1.96. The van der Waals surface area contributed by atoms with E-state index in [9.17, 15) is 19.8 Å². The fourth-order valence-corrected chi connectivity index (χ4v) is 12.1. The van der Waals surface area contributed by atoms with Gasteiger partial charge in [0.1, 0.15) is 6.10 Å². The Morgan fingerprint density at radius 1 is 0.821 bits per heavy atom. The third-order valence-electron chi connectivity index (χ3n) is 16.1. The molecule has 1 heterocycles. The number of aliphatic hydroxyl groups is 2. The number of fused-ring (bicyclic) bond motifs is 5. The van der Waals surface area contributed by atoms with Crippen molar-refractivity contribution < 1.29 is 34.0 Å². The lowest BCUT2D eigenvalue weighted by Gasteiger charge is -2.56. The molecule has 0 amide bonds. The van der Waals surface area contributed by atoms with Crippen molar-refractivity contribution in [2.45, 2.75) is 195 Å². The quantitative estimate of drug-likeness (QED) is 0.0946. The van der Waals surface area contributed by atoms with Crippen LogP contribution < -0.4 is 0 Å². The van der Waals surface area contributed by atoms with Crippen LogP contribution >= 0.6 is 0 Å². The molecule has 56 heavy (non-hydrogen) atoms. The van der Waals surface area contributed by atoms with Crippen LogP contribution in [-0.2, 0) is 30.4 Å². The molecule has 0 aromatic heterocycles. The fourth-order valence-electron chi connectivity index (χ4n) is 12.1. The molecule has 0 radical (unpaired) electrons. The van der Waals surface area contributed by atoms with Crippen LogP contribution in [0, 0.1) is 58.2 Å². The monoisotopic (exact) mass is 781 g/mol. The lowest BCUT2D eigenvalue weighted by atomic mass is 9.48. The van der Waals surface area contributed by atoms with Crippen molar-refractivity contribution in [3.05, 3.63) is 35.9 Å². The molecule has 13 atom stereocenters. The summed E-state index contributed by atoms with van der Waals surface area (Å²) in [6.45, 7) is 16.2. The first-order chi connectivity index (χ1) is 26.8. The molecule has 4 fully saturated rings. The Morgan fingerprint density at radius 2 is 1.45 bits per heavy atom. The molecule has 1 aliphatic heterocycles. The summed E-state index contributed by atoms with van der Waals surface area (Å²) in [6.07, 6.45) is 16.8. The first-order valence-electron chi connectivity index (χ1n) is 23.2. The minimum atomic E-state index is -0.769. The van der Waals surface area contributed by atoms with Gasteiger partial charge in [0.25, 0.3) is 0 Å². The highest BCUT2D eigenvalue weighted by atomic mass is 16.6. The molecule has 1 aromatic carbocycles. The average Bonchev–Trinajstić information content (AvgIpc) is 3.50. The summed E-state index contributed by atoms with van der Waals surface area (Å²) in [7, 11) is 0. The first kappa shape index (κ1) is 45.1. The molecule has 4 aliphatic rings. The van der Waals surface area contributed by atoms with Gasteiger partial charge in [0.15, 0.2) is 0 Å². The maximum atomic E-state index is 14.1. The van der Waals surface area contributed by atoms with E-state index in [2.05, 4.69) is 53.7 Å². The van der Waals surface area contributed by atoms with E-state index in [4.69, 9.17) is 14.2 Å². The molecule has 0 bridgehead atoms. The zero-order chi connectivity index (χ0) is 40.5. The van der Waals surface area contributed by atoms with Crippen LogP contribution in [0.4, 0.5) is 0 Å². The Morgan fingerprint density at radius 3 is 2.09 bits per heavy atom. The van der Waals surface area contributed by atoms with Gasteiger partial charge in [-0.15, -0.1) is 0 Å². The van der Waals surface area contributed by atoms with Crippen LogP contribution in [0.5, 0.6) is 0 Å². The largest absolute Gasteiger partial charge is 0.465 e. The second kappa shape index (κ2) is 20.8. The van der Waals surface area contributed by atoms with Crippen molar-refractivity contribution >= 4 is 11.9 Å². The molecule has 0 spiro atoms. The number of cyclic esters (lactones) is 1. The molecule has 318 valence electrons. The molecule has 3 saturated carbocycles. The zero-order valence-electron chi connectivity index (χ0n) is 36.4. The third-order valence-corrected chi connectivity index (χ3v) is 16.1. The molecule has 7 nitrogen and oxygen atoms in total. The Labute approximate surface area is 340 Å². The highest BCUT2D eigenvalue weighted by molar-refractivity contribution is 5.74. The van der Waals surface area contributed by atoms with Gasteiger partial charge < -0.3 is 24.4 Å². The summed E-state index contributed by atoms with van der Waals surface area (Å²) in [5.74, 6) is 0.739. The number of benzene rings is 1. The molecule has 5 rings (SSSR count). The van der Waals surface area contributed by atoms with Crippen molar-refractivity contribution in [3.63, 3.8) is 0 Å². The van der Waals surface area contributed by atoms with E-state index < -0.39 is 18.3 Å². The number of carbonyl (C=O) groups excluding carboxylic acids is 2. The summed E-state index contributed by atoms with van der Waals surface area (Å²) in [6, 6.07) is 10.2. The van der Waals surface area contributed by atoms with E-state index in [-0.39, 0.29) is 70.3 Å². The summed E-state index contributed by atoms with van der Waals surface area (Å²) in [5, 5.41) is 22.7. The van der Waals surface area contributed by atoms with Gasteiger partial charge in [-0.1, -0.05) is 143 Å². The normalized spacial score (nSPS) is 33.7. The summed E-state index contributed by atoms with van der Waals surface area (Å²) < 4.78 is 19.3. The van der Waals surface area contributed by atoms with E-state index in [1.807, 2.05) is 25.1 Å². The minimum Gasteiger partial charge on any atom is -0.465 e. The number of hydrogen-bond acceptors (Lipinski definition) is 7. The number of unbranched alkanes of at least 4 members (excludes halogenated alkanes) is 10. The molecule has 7 heteroatoms. The molecular weight excluding hydrogens is 701 g/mol. The second-order valence-electron chi connectivity index (χ2n) is 19.8. The molecule has 1 saturated heterocycles. The van der Waals surface area contributed by atoms with E-state index in [1.165, 1.54) is 51.4 Å². The molecule has 1 aromatic rings. The van der Waals surface area contributed by atoms with E-state index in [0.29, 0.717) is 38.4 Å². The zero-order valence-corrected chi connectivity index (χ0v) is 36.4. The van der Waals surface area contributed by atoms with Gasteiger partial charge in [-0.2, -0.15) is 0 Å². The van der Waals surface area contributed by atoms with Gasteiger partial charge in [-0.3, -0.25) is 9.59 Å². The Bertz CT molecular complexity index is 1350.